The van der Waals surface area contributed by atoms with Crippen LogP contribution in [0.2, 0.25) is 0 Å². The predicted molar refractivity (Wildman–Crippen MR) is 88.7 cm³/mol. The molecule has 8 heteroatoms. The Hall–Kier alpha value is -2.09. The van der Waals surface area contributed by atoms with Crippen LogP contribution in [0.5, 0.6) is 0 Å². The van der Waals surface area contributed by atoms with E-state index >= 15 is 0 Å². The zero-order valence-electron chi connectivity index (χ0n) is 13.4. The Morgan fingerprint density at radius 2 is 2.17 bits per heavy atom. The van der Waals surface area contributed by atoms with E-state index in [-0.39, 0.29) is 13.0 Å². The van der Waals surface area contributed by atoms with Gasteiger partial charge < -0.3 is 9.72 Å². The Kier molecular flexibility index (Phi) is 5.25. The second-order valence-corrected chi connectivity index (χ2v) is 7.08. The number of H-pyrrole nitrogens is 1. The van der Waals surface area contributed by atoms with Gasteiger partial charge in [0, 0.05) is 11.6 Å². The minimum Gasteiger partial charge on any atom is -0.465 e. The zero-order chi connectivity index (χ0) is 17.0. The van der Waals surface area contributed by atoms with Crippen LogP contribution in [0.25, 0.3) is 11.0 Å². The third-order valence-electron chi connectivity index (χ3n) is 3.58. The van der Waals surface area contributed by atoms with Gasteiger partial charge >= 0.3 is 5.97 Å². The summed E-state index contributed by atoms with van der Waals surface area (Å²) in [6, 6.07) is 1.82. The lowest BCUT2D eigenvalue weighted by atomic mass is 10.2. The summed E-state index contributed by atoms with van der Waals surface area (Å²) < 4.78 is 32.5. The molecule has 23 heavy (non-hydrogen) atoms. The topological polar surface area (TPSA) is 101 Å². The molecule has 0 aliphatic rings. The average Bonchev–Trinajstić information content (AvgIpc) is 2.97. The highest BCUT2D eigenvalue weighted by atomic mass is 32.2. The number of carbonyl (C=O) groups is 1. The first kappa shape index (κ1) is 17.3. The molecule has 2 heterocycles. The first-order chi connectivity index (χ1) is 10.9. The van der Waals surface area contributed by atoms with E-state index in [2.05, 4.69) is 14.7 Å². The predicted octanol–water partition coefficient (Wildman–Crippen LogP) is 2.34. The minimum absolute atomic E-state index is 0.143. The van der Waals surface area contributed by atoms with Crippen molar-refractivity contribution in [2.24, 2.45) is 0 Å². The summed E-state index contributed by atoms with van der Waals surface area (Å²) in [4.78, 5) is 19.1. The number of sulfonamides is 1. The van der Waals surface area contributed by atoms with Crippen LogP contribution in [0.1, 0.15) is 32.3 Å². The van der Waals surface area contributed by atoms with E-state index in [0.29, 0.717) is 17.8 Å². The lowest BCUT2D eigenvalue weighted by Crippen LogP contribution is -2.36. The van der Waals surface area contributed by atoms with Crippen molar-refractivity contribution in [3.63, 3.8) is 0 Å². The lowest BCUT2D eigenvalue weighted by Gasteiger charge is -2.18. The smallest absolute Gasteiger partial charge is 0.326 e. The van der Waals surface area contributed by atoms with Crippen molar-refractivity contribution in [3.8, 4) is 0 Å². The highest BCUT2D eigenvalue weighted by Gasteiger charge is 2.33. The van der Waals surface area contributed by atoms with Crippen LogP contribution in [0, 0.1) is 6.92 Å². The van der Waals surface area contributed by atoms with Crippen molar-refractivity contribution in [1.29, 1.82) is 0 Å². The number of hydrogen-bond acceptors (Lipinski definition) is 5. The number of rotatable bonds is 7. The molecule has 2 aromatic rings. The lowest BCUT2D eigenvalue weighted by molar-refractivity contribution is -0.142. The Morgan fingerprint density at radius 1 is 1.43 bits per heavy atom. The number of nitrogens with zero attached hydrogens (tertiary/aromatic N) is 1. The van der Waals surface area contributed by atoms with Gasteiger partial charge in [-0.2, -0.15) is 0 Å². The number of carbonyl (C=O) groups excluding carboxylic acids is 1. The SMILES string of the molecule is CCCC(C(=O)OCC)S(=O)(=O)Nc1cnc2[nH]ccc2c1C. The Morgan fingerprint density at radius 3 is 2.83 bits per heavy atom. The fourth-order valence-corrected chi connectivity index (χ4v) is 3.89. The molecule has 126 valence electrons. The first-order valence-electron chi connectivity index (χ1n) is 7.51. The molecular formula is C15H21N3O4S. The molecule has 2 aromatic heterocycles. The summed E-state index contributed by atoms with van der Waals surface area (Å²) in [5.41, 5.74) is 1.79. The van der Waals surface area contributed by atoms with E-state index in [1.165, 1.54) is 6.20 Å². The number of fused-ring (bicyclic) bond motifs is 1. The molecule has 0 radical (unpaired) electrons. The number of anilines is 1. The number of aromatic amines is 1. The van der Waals surface area contributed by atoms with Gasteiger partial charge in [-0.15, -0.1) is 0 Å². The van der Waals surface area contributed by atoms with Crippen molar-refractivity contribution >= 4 is 32.7 Å². The van der Waals surface area contributed by atoms with Gasteiger partial charge in [0.1, 0.15) is 5.65 Å². The maximum Gasteiger partial charge on any atom is 0.326 e. The number of nitrogens with one attached hydrogen (secondary N) is 2. The molecule has 1 unspecified atom stereocenters. The van der Waals surface area contributed by atoms with Crippen LogP contribution in [0.3, 0.4) is 0 Å². The molecule has 0 saturated carbocycles. The molecule has 1 atom stereocenters. The molecule has 2 rings (SSSR count). The van der Waals surface area contributed by atoms with Crippen LogP contribution >= 0.6 is 0 Å². The summed E-state index contributed by atoms with van der Waals surface area (Å²) in [7, 11) is -3.91. The maximum atomic E-state index is 12.6. The number of pyridine rings is 1. The summed E-state index contributed by atoms with van der Waals surface area (Å²) in [6.07, 6.45) is 3.94. The van der Waals surface area contributed by atoms with Crippen LogP contribution in [-0.4, -0.2) is 36.2 Å². The molecule has 7 nitrogen and oxygen atoms in total. The van der Waals surface area contributed by atoms with Gasteiger partial charge in [-0.1, -0.05) is 13.3 Å². The van der Waals surface area contributed by atoms with Gasteiger partial charge in [0.15, 0.2) is 5.25 Å². The zero-order valence-corrected chi connectivity index (χ0v) is 14.2. The summed E-state index contributed by atoms with van der Waals surface area (Å²) in [5.74, 6) is -0.727. The van der Waals surface area contributed by atoms with Crippen molar-refractivity contribution in [2.75, 3.05) is 11.3 Å². The number of esters is 1. The highest BCUT2D eigenvalue weighted by Crippen LogP contribution is 2.25. The van der Waals surface area contributed by atoms with Gasteiger partial charge in [0.25, 0.3) is 0 Å². The molecule has 0 aliphatic heterocycles. The van der Waals surface area contributed by atoms with Gasteiger partial charge in [-0.25, -0.2) is 13.4 Å². The van der Waals surface area contributed by atoms with Crippen molar-refractivity contribution in [1.82, 2.24) is 9.97 Å². The molecule has 0 fully saturated rings. The highest BCUT2D eigenvalue weighted by molar-refractivity contribution is 7.94. The second kappa shape index (κ2) is 6.99. The van der Waals surface area contributed by atoms with Crippen LogP contribution in [0.4, 0.5) is 5.69 Å². The molecule has 0 aliphatic carbocycles. The molecule has 0 spiro atoms. The van der Waals surface area contributed by atoms with Crippen LogP contribution in [0.15, 0.2) is 18.5 Å². The van der Waals surface area contributed by atoms with Crippen molar-refractivity contribution in [2.45, 2.75) is 38.9 Å². The largest absolute Gasteiger partial charge is 0.465 e. The number of aromatic nitrogens is 2. The van der Waals surface area contributed by atoms with Gasteiger partial charge in [0.05, 0.1) is 18.5 Å². The van der Waals surface area contributed by atoms with Crippen molar-refractivity contribution < 1.29 is 17.9 Å². The van der Waals surface area contributed by atoms with E-state index < -0.39 is 21.2 Å². The molecule has 0 aromatic carbocycles. The Labute approximate surface area is 135 Å². The van der Waals surface area contributed by atoms with E-state index in [9.17, 15) is 13.2 Å². The number of ether oxygens (including phenoxy) is 1. The molecule has 0 bridgehead atoms. The molecule has 0 amide bonds. The summed E-state index contributed by atoms with van der Waals surface area (Å²) in [5, 5.41) is -0.401. The maximum absolute atomic E-state index is 12.6. The van der Waals surface area contributed by atoms with Gasteiger partial charge in [-0.05, 0) is 31.9 Å². The van der Waals surface area contributed by atoms with E-state index in [1.54, 1.807) is 20.0 Å². The fraction of sp³-hybridized carbons (Fsp3) is 0.467. The molecule has 2 N–H and O–H groups in total. The minimum atomic E-state index is -3.91. The molecular weight excluding hydrogens is 318 g/mol. The summed E-state index contributed by atoms with van der Waals surface area (Å²) in [6.45, 7) is 5.41. The summed E-state index contributed by atoms with van der Waals surface area (Å²) >= 11 is 0. The fourth-order valence-electron chi connectivity index (χ4n) is 2.37. The third kappa shape index (κ3) is 3.64. The van der Waals surface area contributed by atoms with Gasteiger partial charge in [-0.3, -0.25) is 9.52 Å². The Bertz CT molecular complexity index is 798. The van der Waals surface area contributed by atoms with Gasteiger partial charge in [0.2, 0.25) is 10.0 Å². The average molecular weight is 339 g/mol. The van der Waals surface area contributed by atoms with Crippen LogP contribution < -0.4 is 4.72 Å². The van der Waals surface area contributed by atoms with Crippen LogP contribution in [-0.2, 0) is 19.6 Å². The quantitative estimate of drug-likeness (QED) is 0.754. The Balaban J connectivity index is 2.33. The number of hydrogen-bond donors (Lipinski definition) is 2. The third-order valence-corrected chi connectivity index (χ3v) is 5.26. The van der Waals surface area contributed by atoms with Crippen molar-refractivity contribution in [3.05, 3.63) is 24.0 Å². The standard InChI is InChI=1S/C15H21N3O4S/c1-4-6-13(15(19)22-5-2)23(20,21)18-12-9-17-14-11(10(12)3)7-8-16-14/h7-9,13,18H,4-6H2,1-3H3,(H,16,17). The first-order valence-corrected chi connectivity index (χ1v) is 9.06. The normalized spacial score (nSPS) is 13.0. The monoisotopic (exact) mass is 339 g/mol. The van der Waals surface area contributed by atoms with E-state index in [4.69, 9.17) is 4.74 Å². The van der Waals surface area contributed by atoms with E-state index in [0.717, 1.165) is 10.9 Å². The van der Waals surface area contributed by atoms with E-state index in [1.807, 2.05) is 13.0 Å². The molecule has 0 saturated heterocycles. The second-order valence-electron chi connectivity index (χ2n) is 5.21. The number of aryl methyl sites for hydroxylation is 1.